The summed E-state index contributed by atoms with van der Waals surface area (Å²) in [6, 6.07) is 9.46. The zero-order chi connectivity index (χ0) is 24.4. The molecule has 34 heavy (non-hydrogen) atoms. The van der Waals surface area contributed by atoms with Crippen molar-refractivity contribution in [3.8, 4) is 11.1 Å². The third-order valence-corrected chi connectivity index (χ3v) is 7.18. The highest BCUT2D eigenvalue weighted by molar-refractivity contribution is 7.21. The van der Waals surface area contributed by atoms with E-state index in [2.05, 4.69) is 15.3 Å². The molecule has 10 heteroatoms. The van der Waals surface area contributed by atoms with Crippen LogP contribution in [0.5, 0.6) is 0 Å². The Balaban J connectivity index is 1.72. The number of aromatic amines is 1. The Morgan fingerprint density at radius 3 is 2.62 bits per heavy atom. The highest BCUT2D eigenvalue weighted by Crippen LogP contribution is 2.37. The number of esters is 1. The van der Waals surface area contributed by atoms with Crippen LogP contribution in [0.25, 0.3) is 21.3 Å². The zero-order valence-corrected chi connectivity index (χ0v) is 20.9. The van der Waals surface area contributed by atoms with Crippen LogP contribution in [0, 0.1) is 6.92 Å². The van der Waals surface area contributed by atoms with Crippen LogP contribution in [-0.4, -0.2) is 47.4 Å². The van der Waals surface area contributed by atoms with E-state index in [4.69, 9.17) is 4.74 Å². The van der Waals surface area contributed by atoms with E-state index in [9.17, 15) is 14.4 Å². The Hall–Kier alpha value is -3.34. The predicted octanol–water partition coefficient (Wildman–Crippen LogP) is 4.51. The van der Waals surface area contributed by atoms with Crippen LogP contribution in [0.3, 0.4) is 0 Å². The number of anilines is 1. The number of rotatable bonds is 7. The van der Waals surface area contributed by atoms with Gasteiger partial charge in [0.2, 0.25) is 0 Å². The number of aromatic nitrogens is 2. The van der Waals surface area contributed by atoms with Crippen LogP contribution in [0.4, 0.5) is 5.00 Å². The normalized spacial score (nSPS) is 11.2. The molecule has 0 atom stereocenters. The predicted molar refractivity (Wildman–Crippen MR) is 136 cm³/mol. The monoisotopic (exact) mass is 496 g/mol. The van der Waals surface area contributed by atoms with Crippen LogP contribution >= 0.6 is 22.7 Å². The third-order valence-electron chi connectivity index (χ3n) is 5.10. The topological polar surface area (TPSA) is 104 Å². The molecule has 4 aromatic rings. The van der Waals surface area contributed by atoms with Gasteiger partial charge < -0.3 is 19.9 Å². The summed E-state index contributed by atoms with van der Waals surface area (Å²) in [5.41, 5.74) is 2.14. The fourth-order valence-electron chi connectivity index (χ4n) is 3.63. The maximum atomic E-state index is 13.3. The van der Waals surface area contributed by atoms with Gasteiger partial charge in [-0.3, -0.25) is 9.59 Å². The lowest BCUT2D eigenvalue weighted by molar-refractivity contribution is 0.0529. The number of thiophene rings is 2. The molecule has 0 aliphatic rings. The van der Waals surface area contributed by atoms with Crippen molar-refractivity contribution in [3.05, 3.63) is 67.9 Å². The van der Waals surface area contributed by atoms with Gasteiger partial charge in [-0.15, -0.1) is 22.7 Å². The first-order chi connectivity index (χ1) is 16.3. The summed E-state index contributed by atoms with van der Waals surface area (Å²) in [6.45, 7) is 4.16. The van der Waals surface area contributed by atoms with Gasteiger partial charge in [0.15, 0.2) is 0 Å². The number of ether oxygens (including phenoxy) is 1. The molecule has 0 fully saturated rings. The molecule has 4 rings (SSSR count). The first-order valence-corrected chi connectivity index (χ1v) is 12.3. The molecule has 0 aliphatic carbocycles. The van der Waals surface area contributed by atoms with Gasteiger partial charge in [-0.1, -0.05) is 30.3 Å². The first-order valence-electron chi connectivity index (χ1n) is 10.6. The van der Waals surface area contributed by atoms with Gasteiger partial charge in [0.05, 0.1) is 23.4 Å². The number of nitrogens with zero attached hydrogens (tertiary/aromatic N) is 2. The fraction of sp³-hybridized carbons (Fsp3) is 0.250. The number of aryl methyl sites for hydroxylation is 1. The molecule has 1 aromatic carbocycles. The second-order valence-electron chi connectivity index (χ2n) is 7.88. The lowest BCUT2D eigenvalue weighted by Gasteiger charge is -2.08. The number of benzene rings is 1. The van der Waals surface area contributed by atoms with Gasteiger partial charge in [-0.25, -0.2) is 9.78 Å². The van der Waals surface area contributed by atoms with Crippen molar-refractivity contribution in [1.29, 1.82) is 0 Å². The Morgan fingerprint density at radius 1 is 1.21 bits per heavy atom. The van der Waals surface area contributed by atoms with Crippen molar-refractivity contribution >= 4 is 49.8 Å². The maximum Gasteiger partial charge on any atom is 0.341 e. The lowest BCUT2D eigenvalue weighted by Crippen LogP contribution is -2.18. The number of carbonyl (C=O) groups is 2. The molecule has 0 aliphatic heterocycles. The Bertz CT molecular complexity index is 1420. The molecule has 0 radical (unpaired) electrons. The minimum Gasteiger partial charge on any atom is -0.462 e. The number of fused-ring (bicyclic) bond motifs is 1. The zero-order valence-electron chi connectivity index (χ0n) is 19.2. The van der Waals surface area contributed by atoms with Crippen molar-refractivity contribution in [2.75, 3.05) is 26.0 Å². The number of H-pyrrole nitrogens is 1. The van der Waals surface area contributed by atoms with Crippen LogP contribution in [0.1, 0.15) is 38.3 Å². The van der Waals surface area contributed by atoms with Gasteiger partial charge in [-0.05, 0) is 39.1 Å². The van der Waals surface area contributed by atoms with Crippen LogP contribution in [-0.2, 0) is 11.3 Å². The van der Waals surface area contributed by atoms with Crippen molar-refractivity contribution in [2.24, 2.45) is 0 Å². The molecule has 0 saturated carbocycles. The van der Waals surface area contributed by atoms with Crippen LogP contribution in [0.15, 0.2) is 40.5 Å². The lowest BCUT2D eigenvalue weighted by atomic mass is 10.0. The summed E-state index contributed by atoms with van der Waals surface area (Å²) in [4.78, 5) is 48.8. The van der Waals surface area contributed by atoms with E-state index in [1.54, 1.807) is 13.8 Å². The number of carbonyl (C=O) groups excluding carboxylic acids is 2. The SMILES string of the molecule is CCOC(=O)c1c(-c2ccccc2)csc1NC(=O)c1sc2nc(CN(C)C)[nH]c(=O)c2c1C. The highest BCUT2D eigenvalue weighted by Gasteiger charge is 2.25. The Labute approximate surface area is 204 Å². The standard InChI is InChI=1S/C24H24N4O4S2/c1-5-32-24(31)18-15(14-9-7-6-8-10-14)12-33-22(18)27-21(30)19-13(2)17-20(29)25-16(11-28(3)4)26-23(17)34-19/h6-10,12H,5,11H2,1-4H3,(H,27,30)(H,25,26,29). The van der Waals surface area contributed by atoms with Gasteiger partial charge in [0, 0.05) is 10.9 Å². The summed E-state index contributed by atoms with van der Waals surface area (Å²) in [6.07, 6.45) is 0. The van der Waals surface area contributed by atoms with Gasteiger partial charge in [0.25, 0.3) is 11.5 Å². The quantitative estimate of drug-likeness (QED) is 0.365. The number of hydrogen-bond acceptors (Lipinski definition) is 8. The van der Waals surface area contributed by atoms with Crippen LogP contribution in [0.2, 0.25) is 0 Å². The molecule has 2 N–H and O–H groups in total. The van der Waals surface area contributed by atoms with E-state index in [1.807, 2.05) is 54.7 Å². The van der Waals surface area contributed by atoms with E-state index in [1.165, 1.54) is 11.3 Å². The maximum absolute atomic E-state index is 13.3. The van der Waals surface area contributed by atoms with Gasteiger partial charge in [-0.2, -0.15) is 0 Å². The highest BCUT2D eigenvalue weighted by atomic mass is 32.1. The van der Waals surface area contributed by atoms with Crippen molar-refractivity contribution < 1.29 is 14.3 Å². The fourth-order valence-corrected chi connectivity index (χ4v) is 5.67. The van der Waals surface area contributed by atoms with Gasteiger partial charge in [0.1, 0.15) is 21.2 Å². The van der Waals surface area contributed by atoms with E-state index in [-0.39, 0.29) is 12.2 Å². The molecule has 8 nitrogen and oxygen atoms in total. The van der Waals surface area contributed by atoms with Crippen molar-refractivity contribution in [2.45, 2.75) is 20.4 Å². The van der Waals surface area contributed by atoms with Crippen molar-refractivity contribution in [3.63, 3.8) is 0 Å². The summed E-state index contributed by atoms with van der Waals surface area (Å²) >= 11 is 2.42. The van der Waals surface area contributed by atoms with Gasteiger partial charge >= 0.3 is 5.97 Å². The molecular weight excluding hydrogens is 472 g/mol. The second kappa shape index (κ2) is 9.88. The van der Waals surface area contributed by atoms with E-state index in [0.29, 0.717) is 49.2 Å². The van der Waals surface area contributed by atoms with Crippen molar-refractivity contribution in [1.82, 2.24) is 14.9 Å². The molecule has 176 valence electrons. The molecule has 0 bridgehead atoms. The summed E-state index contributed by atoms with van der Waals surface area (Å²) in [7, 11) is 3.77. The summed E-state index contributed by atoms with van der Waals surface area (Å²) in [5.74, 6) is -0.371. The Morgan fingerprint density at radius 2 is 1.94 bits per heavy atom. The average molecular weight is 497 g/mol. The van der Waals surface area contributed by atoms with Crippen LogP contribution < -0.4 is 10.9 Å². The molecule has 0 unspecified atom stereocenters. The Kier molecular flexibility index (Phi) is 6.92. The largest absolute Gasteiger partial charge is 0.462 e. The number of nitrogens with one attached hydrogen (secondary N) is 2. The summed E-state index contributed by atoms with van der Waals surface area (Å²) < 4.78 is 5.27. The van der Waals surface area contributed by atoms with E-state index in [0.717, 1.165) is 16.9 Å². The number of hydrogen-bond donors (Lipinski definition) is 2. The summed E-state index contributed by atoms with van der Waals surface area (Å²) in [5, 5.41) is 5.49. The molecule has 1 amide bonds. The van der Waals surface area contributed by atoms with E-state index < -0.39 is 11.9 Å². The molecule has 0 saturated heterocycles. The molecular formula is C24H24N4O4S2. The smallest absolute Gasteiger partial charge is 0.341 e. The molecule has 3 heterocycles. The third kappa shape index (κ3) is 4.65. The minimum atomic E-state index is -0.502. The minimum absolute atomic E-state index is 0.218. The first kappa shape index (κ1) is 23.8. The molecule has 3 aromatic heterocycles. The average Bonchev–Trinajstić information content (AvgIpc) is 3.35. The second-order valence-corrected chi connectivity index (χ2v) is 9.76. The molecule has 0 spiro atoms. The number of amides is 1. The van der Waals surface area contributed by atoms with E-state index >= 15 is 0 Å².